The van der Waals surface area contributed by atoms with Crippen molar-refractivity contribution in [1.82, 2.24) is 34.4 Å². The average Bonchev–Trinajstić information content (AvgIpc) is 3.38. The molecule has 5 heterocycles. The van der Waals surface area contributed by atoms with Crippen molar-refractivity contribution >= 4 is 28.5 Å². The van der Waals surface area contributed by atoms with Crippen molar-refractivity contribution in [3.05, 3.63) is 36.9 Å². The highest BCUT2D eigenvalue weighted by Crippen LogP contribution is 2.44. The van der Waals surface area contributed by atoms with E-state index in [0.29, 0.717) is 17.4 Å². The fraction of sp³-hybridized carbons (Fsp3) is 0.409. The lowest BCUT2D eigenvalue weighted by atomic mass is 9.67. The second-order valence-electron chi connectivity index (χ2n) is 8.90. The summed E-state index contributed by atoms with van der Waals surface area (Å²) in [6.07, 6.45) is 11.9. The molecule has 0 bridgehead atoms. The van der Waals surface area contributed by atoms with Crippen molar-refractivity contribution in [1.29, 1.82) is 0 Å². The van der Waals surface area contributed by atoms with Gasteiger partial charge in [0.2, 0.25) is 11.9 Å². The van der Waals surface area contributed by atoms with Crippen LogP contribution in [0.5, 0.6) is 0 Å². The number of hydrogen-bond acceptors (Lipinski definition) is 6. The topological polar surface area (TPSA) is 104 Å². The van der Waals surface area contributed by atoms with Crippen molar-refractivity contribution in [2.24, 2.45) is 5.41 Å². The van der Waals surface area contributed by atoms with Crippen molar-refractivity contribution in [2.75, 3.05) is 18.4 Å². The van der Waals surface area contributed by atoms with Crippen LogP contribution < -0.4 is 5.32 Å². The van der Waals surface area contributed by atoms with Crippen LogP contribution in [0.4, 0.5) is 5.95 Å². The smallest absolute Gasteiger partial charge is 0.224 e. The minimum atomic E-state index is 0.193. The molecule has 9 nitrogen and oxygen atoms in total. The first-order chi connectivity index (χ1) is 15.1. The SMILES string of the molecule is CC(=O)N1CC2(CCC(Nc3ncc4c(-c5ccn6nccc6n5)c[nH]c4n3)CC2)C1. The number of aromatic amines is 1. The van der Waals surface area contributed by atoms with Gasteiger partial charge in [0.25, 0.3) is 0 Å². The van der Waals surface area contributed by atoms with Crippen molar-refractivity contribution in [3.63, 3.8) is 0 Å². The van der Waals surface area contributed by atoms with Gasteiger partial charge in [-0.3, -0.25) is 4.79 Å². The zero-order valence-electron chi connectivity index (χ0n) is 17.4. The molecule has 1 aliphatic carbocycles. The maximum absolute atomic E-state index is 11.5. The summed E-state index contributed by atoms with van der Waals surface area (Å²) in [6, 6.07) is 4.20. The Balaban J connectivity index is 1.16. The van der Waals surface area contributed by atoms with Crippen LogP contribution in [-0.4, -0.2) is 59.5 Å². The fourth-order valence-electron chi connectivity index (χ4n) is 5.01. The highest BCUT2D eigenvalue weighted by Gasteiger charge is 2.46. The quantitative estimate of drug-likeness (QED) is 0.532. The minimum absolute atomic E-state index is 0.193. The fourth-order valence-corrected chi connectivity index (χ4v) is 5.01. The predicted molar refractivity (Wildman–Crippen MR) is 116 cm³/mol. The van der Waals surface area contributed by atoms with Crippen LogP contribution in [0.15, 0.2) is 36.9 Å². The zero-order valence-corrected chi connectivity index (χ0v) is 17.4. The molecule has 1 amide bonds. The van der Waals surface area contributed by atoms with E-state index in [-0.39, 0.29) is 5.91 Å². The van der Waals surface area contributed by atoms with E-state index in [2.05, 4.69) is 25.4 Å². The first-order valence-electron chi connectivity index (χ1n) is 10.8. The molecule has 6 rings (SSSR count). The van der Waals surface area contributed by atoms with Gasteiger partial charge in [-0.25, -0.2) is 14.5 Å². The number of fused-ring (bicyclic) bond motifs is 2. The molecule has 0 aromatic carbocycles. The maximum Gasteiger partial charge on any atom is 0.224 e. The van der Waals surface area contributed by atoms with Gasteiger partial charge >= 0.3 is 0 Å². The molecule has 1 spiro atoms. The average molecular weight is 416 g/mol. The van der Waals surface area contributed by atoms with E-state index >= 15 is 0 Å². The van der Waals surface area contributed by atoms with E-state index in [0.717, 1.165) is 66.7 Å². The Kier molecular flexibility index (Phi) is 3.99. The van der Waals surface area contributed by atoms with Gasteiger partial charge < -0.3 is 15.2 Å². The van der Waals surface area contributed by atoms with Crippen LogP contribution in [0.2, 0.25) is 0 Å². The number of rotatable bonds is 3. The molecule has 31 heavy (non-hydrogen) atoms. The molecular weight excluding hydrogens is 392 g/mol. The normalized spacial score (nSPS) is 18.5. The number of H-pyrrole nitrogens is 1. The molecule has 2 N–H and O–H groups in total. The van der Waals surface area contributed by atoms with Gasteiger partial charge in [-0.15, -0.1) is 0 Å². The van der Waals surface area contributed by atoms with Gasteiger partial charge in [0.1, 0.15) is 5.65 Å². The molecule has 0 radical (unpaired) electrons. The summed E-state index contributed by atoms with van der Waals surface area (Å²) in [5.74, 6) is 0.846. The molecule has 9 heteroatoms. The number of nitrogens with zero attached hydrogens (tertiary/aromatic N) is 6. The standard InChI is InChI=1S/C22H24N8O/c1-14(31)29-12-22(13-29)6-2-15(3-7-22)26-21-24-11-17-16(10-23-20(17)28-21)18-5-9-30-19(27-18)4-8-25-30/h4-5,8-11,15H,2-3,6-7,12-13H2,1H3,(H2,23,24,26,28). The summed E-state index contributed by atoms with van der Waals surface area (Å²) in [6.45, 7) is 3.50. The van der Waals surface area contributed by atoms with E-state index in [9.17, 15) is 4.79 Å². The van der Waals surface area contributed by atoms with Crippen molar-refractivity contribution < 1.29 is 4.79 Å². The van der Waals surface area contributed by atoms with Gasteiger partial charge in [0, 0.05) is 67.1 Å². The Labute approximate surface area is 178 Å². The molecule has 1 aliphatic heterocycles. The first kappa shape index (κ1) is 18.3. The molecule has 2 aliphatic rings. The van der Waals surface area contributed by atoms with E-state index in [1.807, 2.05) is 35.6 Å². The number of likely N-dealkylation sites (tertiary alicyclic amines) is 1. The summed E-state index contributed by atoms with van der Waals surface area (Å²) < 4.78 is 1.74. The van der Waals surface area contributed by atoms with Crippen LogP contribution in [0.25, 0.3) is 27.9 Å². The molecule has 158 valence electrons. The summed E-state index contributed by atoms with van der Waals surface area (Å²) in [7, 11) is 0. The largest absolute Gasteiger partial charge is 0.351 e. The van der Waals surface area contributed by atoms with Gasteiger partial charge in [0.15, 0.2) is 5.65 Å². The second kappa shape index (κ2) is 6.76. The summed E-state index contributed by atoms with van der Waals surface area (Å²) in [4.78, 5) is 30.6. The van der Waals surface area contributed by atoms with Gasteiger partial charge in [-0.1, -0.05) is 0 Å². The third-order valence-electron chi connectivity index (χ3n) is 6.84. The lowest BCUT2D eigenvalue weighted by Gasteiger charge is -2.53. The number of aromatic nitrogens is 6. The van der Waals surface area contributed by atoms with E-state index in [1.54, 1.807) is 17.6 Å². The van der Waals surface area contributed by atoms with Crippen molar-refractivity contribution in [2.45, 2.75) is 38.6 Å². The number of amides is 1. The van der Waals surface area contributed by atoms with Crippen LogP contribution in [-0.2, 0) is 4.79 Å². The highest BCUT2D eigenvalue weighted by molar-refractivity contribution is 5.92. The molecule has 4 aromatic rings. The molecule has 4 aromatic heterocycles. The highest BCUT2D eigenvalue weighted by atomic mass is 16.2. The lowest BCUT2D eigenvalue weighted by molar-refractivity contribution is -0.143. The third kappa shape index (κ3) is 3.11. The second-order valence-corrected chi connectivity index (χ2v) is 8.90. The predicted octanol–water partition coefficient (Wildman–Crippen LogP) is 2.87. The molecular formula is C22H24N8O. The Morgan fingerprint density at radius 2 is 2.06 bits per heavy atom. The number of carbonyl (C=O) groups is 1. The molecule has 0 unspecified atom stereocenters. The number of hydrogen-bond donors (Lipinski definition) is 2. The minimum Gasteiger partial charge on any atom is -0.351 e. The Morgan fingerprint density at radius 1 is 1.23 bits per heavy atom. The van der Waals surface area contributed by atoms with E-state index in [1.165, 1.54) is 0 Å². The van der Waals surface area contributed by atoms with Gasteiger partial charge in [0.05, 0.1) is 11.9 Å². The van der Waals surface area contributed by atoms with Gasteiger partial charge in [-0.05, 0) is 31.7 Å². The maximum atomic E-state index is 11.5. The summed E-state index contributed by atoms with van der Waals surface area (Å²) in [5.41, 5.74) is 3.78. The van der Waals surface area contributed by atoms with Crippen LogP contribution >= 0.6 is 0 Å². The molecule has 1 saturated heterocycles. The van der Waals surface area contributed by atoms with E-state index in [4.69, 9.17) is 4.98 Å². The Hall–Kier alpha value is -3.49. The number of nitrogens with one attached hydrogen (secondary N) is 2. The molecule has 0 atom stereocenters. The monoisotopic (exact) mass is 416 g/mol. The summed E-state index contributed by atoms with van der Waals surface area (Å²) in [5, 5.41) is 8.66. The summed E-state index contributed by atoms with van der Waals surface area (Å²) >= 11 is 0. The van der Waals surface area contributed by atoms with Gasteiger partial charge in [-0.2, -0.15) is 10.1 Å². The Morgan fingerprint density at radius 3 is 2.87 bits per heavy atom. The molecule has 1 saturated carbocycles. The third-order valence-corrected chi connectivity index (χ3v) is 6.84. The number of anilines is 1. The van der Waals surface area contributed by atoms with Crippen LogP contribution in [0, 0.1) is 5.41 Å². The zero-order chi connectivity index (χ0) is 21.0. The first-order valence-corrected chi connectivity index (χ1v) is 10.8. The Bertz CT molecular complexity index is 1280. The van der Waals surface area contributed by atoms with Crippen molar-refractivity contribution in [3.8, 4) is 11.3 Å². The van der Waals surface area contributed by atoms with Crippen LogP contribution in [0.3, 0.4) is 0 Å². The lowest BCUT2D eigenvalue weighted by Crippen LogP contribution is -2.59. The van der Waals surface area contributed by atoms with Crippen LogP contribution in [0.1, 0.15) is 32.6 Å². The number of carbonyl (C=O) groups excluding carboxylic acids is 1. The molecule has 2 fully saturated rings. The van der Waals surface area contributed by atoms with E-state index < -0.39 is 0 Å².